The third-order valence-corrected chi connectivity index (χ3v) is 4.18. The number of nitrogens with zero attached hydrogens (tertiary/aromatic N) is 2. The maximum atomic E-state index is 12.8. The first-order valence-corrected chi connectivity index (χ1v) is 9.41. The molecule has 0 spiro atoms. The molecule has 8 heteroatoms. The SMILES string of the molecule is C#Cc1ccc(-c2cc(C(=O)NNC(=O)OC(C)(C)C)c3cnccc3n2)cc1OC. The van der Waals surface area contributed by atoms with Gasteiger partial charge in [0.15, 0.2) is 0 Å². The van der Waals surface area contributed by atoms with Gasteiger partial charge >= 0.3 is 6.09 Å². The van der Waals surface area contributed by atoms with Gasteiger partial charge in [-0.1, -0.05) is 12.0 Å². The largest absolute Gasteiger partial charge is 0.495 e. The van der Waals surface area contributed by atoms with Crippen molar-refractivity contribution < 1.29 is 19.1 Å². The van der Waals surface area contributed by atoms with Crippen molar-refractivity contribution in [2.75, 3.05) is 7.11 Å². The molecule has 3 aromatic rings. The number of carbonyl (C=O) groups is 2. The number of benzene rings is 1. The first kappa shape index (κ1) is 21.6. The van der Waals surface area contributed by atoms with E-state index in [1.807, 2.05) is 0 Å². The second-order valence-electron chi connectivity index (χ2n) is 7.59. The van der Waals surface area contributed by atoms with Crippen LogP contribution in [0.5, 0.6) is 5.75 Å². The Labute approximate surface area is 180 Å². The lowest BCUT2D eigenvalue weighted by molar-refractivity contribution is 0.0483. The molecule has 31 heavy (non-hydrogen) atoms. The van der Waals surface area contributed by atoms with Gasteiger partial charge < -0.3 is 9.47 Å². The van der Waals surface area contributed by atoms with Crippen molar-refractivity contribution in [1.82, 2.24) is 20.8 Å². The zero-order valence-electron chi connectivity index (χ0n) is 17.6. The van der Waals surface area contributed by atoms with Crippen molar-refractivity contribution in [3.05, 3.63) is 53.9 Å². The van der Waals surface area contributed by atoms with Crippen LogP contribution in [0.15, 0.2) is 42.7 Å². The minimum atomic E-state index is -0.771. The van der Waals surface area contributed by atoms with Crippen LogP contribution in [0.3, 0.4) is 0 Å². The molecule has 0 aliphatic carbocycles. The van der Waals surface area contributed by atoms with Crippen LogP contribution < -0.4 is 15.6 Å². The monoisotopic (exact) mass is 418 g/mol. The average Bonchev–Trinajstić information content (AvgIpc) is 2.75. The van der Waals surface area contributed by atoms with Crippen LogP contribution in [-0.4, -0.2) is 34.7 Å². The molecule has 2 aromatic heterocycles. The first-order valence-electron chi connectivity index (χ1n) is 9.41. The molecule has 8 nitrogen and oxygen atoms in total. The number of amides is 2. The fourth-order valence-corrected chi connectivity index (χ4v) is 2.85. The molecule has 0 atom stereocenters. The topological polar surface area (TPSA) is 102 Å². The summed E-state index contributed by atoms with van der Waals surface area (Å²) in [5.74, 6) is 2.54. The van der Waals surface area contributed by atoms with Crippen molar-refractivity contribution in [1.29, 1.82) is 0 Å². The lowest BCUT2D eigenvalue weighted by Gasteiger charge is -2.20. The molecule has 2 amide bonds. The summed E-state index contributed by atoms with van der Waals surface area (Å²) >= 11 is 0. The second kappa shape index (κ2) is 8.71. The van der Waals surface area contributed by atoms with Crippen LogP contribution in [0.1, 0.15) is 36.7 Å². The predicted octanol–water partition coefficient (Wildman–Crippen LogP) is 3.46. The standard InChI is InChI=1S/C23H22N4O4/c1-6-14-7-8-15(11-20(14)30-5)19-12-16(17-13-24-10-9-18(17)25-19)21(28)26-27-22(29)31-23(2,3)4/h1,7-13H,2-5H3,(H,26,28)(H,27,29). The number of hydrogen-bond acceptors (Lipinski definition) is 6. The highest BCUT2D eigenvalue weighted by atomic mass is 16.6. The number of pyridine rings is 2. The molecule has 3 rings (SSSR count). The van der Waals surface area contributed by atoms with E-state index in [2.05, 4.69) is 26.7 Å². The van der Waals surface area contributed by atoms with E-state index in [0.717, 1.165) is 0 Å². The van der Waals surface area contributed by atoms with Crippen LogP contribution in [0.2, 0.25) is 0 Å². The van der Waals surface area contributed by atoms with Crippen LogP contribution in [-0.2, 0) is 4.74 Å². The van der Waals surface area contributed by atoms with E-state index in [4.69, 9.17) is 15.9 Å². The third kappa shape index (κ3) is 5.08. The summed E-state index contributed by atoms with van der Waals surface area (Å²) in [6, 6.07) is 8.61. The van der Waals surface area contributed by atoms with Gasteiger partial charge in [-0.15, -0.1) is 6.42 Å². The number of fused-ring (bicyclic) bond motifs is 1. The normalized spacial score (nSPS) is 10.8. The van der Waals surface area contributed by atoms with Gasteiger partial charge in [0.05, 0.1) is 29.4 Å². The minimum absolute atomic E-state index is 0.282. The number of aromatic nitrogens is 2. The Hall–Kier alpha value is -4.12. The Bertz CT molecular complexity index is 1190. The van der Waals surface area contributed by atoms with Gasteiger partial charge in [0.2, 0.25) is 0 Å². The Kier molecular flexibility index (Phi) is 6.07. The van der Waals surface area contributed by atoms with Crippen LogP contribution in [0, 0.1) is 12.3 Å². The van der Waals surface area contributed by atoms with E-state index in [0.29, 0.717) is 33.5 Å². The molecular weight excluding hydrogens is 396 g/mol. The molecule has 0 bridgehead atoms. The zero-order chi connectivity index (χ0) is 22.6. The van der Waals surface area contributed by atoms with Crippen molar-refractivity contribution in [2.45, 2.75) is 26.4 Å². The fourth-order valence-electron chi connectivity index (χ4n) is 2.85. The van der Waals surface area contributed by atoms with E-state index >= 15 is 0 Å². The Morgan fingerprint density at radius 1 is 1.13 bits per heavy atom. The summed E-state index contributed by atoms with van der Waals surface area (Å²) in [6.45, 7) is 5.17. The number of terminal acetylenes is 1. The number of ether oxygens (including phenoxy) is 2. The zero-order valence-corrected chi connectivity index (χ0v) is 17.6. The van der Waals surface area contributed by atoms with Gasteiger partial charge in [-0.25, -0.2) is 15.2 Å². The van der Waals surface area contributed by atoms with Gasteiger partial charge in [-0.3, -0.25) is 15.2 Å². The molecule has 1 aromatic carbocycles. The minimum Gasteiger partial charge on any atom is -0.495 e. The summed E-state index contributed by atoms with van der Waals surface area (Å²) in [5.41, 5.74) is 6.61. The number of hydrazine groups is 1. The Balaban J connectivity index is 1.98. The second-order valence-corrected chi connectivity index (χ2v) is 7.59. The number of methoxy groups -OCH3 is 1. The smallest absolute Gasteiger partial charge is 0.426 e. The number of rotatable bonds is 3. The first-order chi connectivity index (χ1) is 14.7. The summed E-state index contributed by atoms with van der Waals surface area (Å²) in [5, 5.41) is 0.530. The summed E-state index contributed by atoms with van der Waals surface area (Å²) < 4.78 is 10.5. The van der Waals surface area contributed by atoms with Gasteiger partial charge in [0, 0.05) is 23.3 Å². The van der Waals surface area contributed by atoms with E-state index in [1.54, 1.807) is 57.3 Å². The van der Waals surface area contributed by atoms with Gasteiger partial charge in [-0.05, 0) is 45.0 Å². The highest BCUT2D eigenvalue weighted by Crippen LogP contribution is 2.28. The number of hydrogen-bond donors (Lipinski definition) is 2. The summed E-state index contributed by atoms with van der Waals surface area (Å²) in [4.78, 5) is 33.4. The van der Waals surface area contributed by atoms with Crippen molar-refractivity contribution >= 4 is 22.9 Å². The van der Waals surface area contributed by atoms with E-state index in [1.165, 1.54) is 13.3 Å². The summed E-state index contributed by atoms with van der Waals surface area (Å²) in [7, 11) is 1.53. The Morgan fingerprint density at radius 2 is 1.90 bits per heavy atom. The van der Waals surface area contributed by atoms with Gasteiger partial charge in [0.25, 0.3) is 5.91 Å². The molecule has 158 valence electrons. The highest BCUT2D eigenvalue weighted by molar-refractivity contribution is 6.07. The lowest BCUT2D eigenvalue weighted by atomic mass is 10.0. The predicted molar refractivity (Wildman–Crippen MR) is 116 cm³/mol. The van der Waals surface area contributed by atoms with Crippen molar-refractivity contribution in [3.8, 4) is 29.4 Å². The molecular formula is C23H22N4O4. The molecule has 2 N–H and O–H groups in total. The van der Waals surface area contributed by atoms with Crippen molar-refractivity contribution in [3.63, 3.8) is 0 Å². The average molecular weight is 418 g/mol. The molecule has 0 radical (unpaired) electrons. The van der Waals surface area contributed by atoms with Gasteiger partial charge in [0.1, 0.15) is 11.4 Å². The molecule has 2 heterocycles. The lowest BCUT2D eigenvalue weighted by Crippen LogP contribution is -2.44. The quantitative estimate of drug-likeness (QED) is 0.499. The van der Waals surface area contributed by atoms with E-state index < -0.39 is 17.6 Å². The maximum Gasteiger partial charge on any atom is 0.426 e. The van der Waals surface area contributed by atoms with E-state index in [9.17, 15) is 9.59 Å². The van der Waals surface area contributed by atoms with Crippen LogP contribution in [0.25, 0.3) is 22.2 Å². The Morgan fingerprint density at radius 3 is 2.58 bits per heavy atom. The van der Waals surface area contributed by atoms with Crippen LogP contribution in [0.4, 0.5) is 4.79 Å². The summed E-state index contributed by atoms with van der Waals surface area (Å²) in [6.07, 6.45) is 7.85. The third-order valence-electron chi connectivity index (χ3n) is 4.18. The molecule has 0 saturated heterocycles. The van der Waals surface area contributed by atoms with Gasteiger partial charge in [-0.2, -0.15) is 0 Å². The number of nitrogens with one attached hydrogen (secondary N) is 2. The molecule has 0 unspecified atom stereocenters. The molecule has 0 aliphatic rings. The number of carbonyl (C=O) groups excluding carboxylic acids is 2. The van der Waals surface area contributed by atoms with E-state index in [-0.39, 0.29) is 5.56 Å². The maximum absolute atomic E-state index is 12.8. The van der Waals surface area contributed by atoms with Crippen LogP contribution >= 0.6 is 0 Å². The molecule has 0 fully saturated rings. The molecule has 0 aliphatic heterocycles. The highest BCUT2D eigenvalue weighted by Gasteiger charge is 2.19. The fraction of sp³-hybridized carbons (Fsp3) is 0.217. The van der Waals surface area contributed by atoms with Crippen molar-refractivity contribution in [2.24, 2.45) is 0 Å². The molecule has 0 saturated carbocycles.